The minimum atomic E-state index is 0.656. The maximum absolute atomic E-state index is 3.65. The highest BCUT2D eigenvalue weighted by molar-refractivity contribution is 9.10. The van der Waals surface area contributed by atoms with Crippen LogP contribution in [-0.4, -0.2) is 25.2 Å². The molecule has 2 bridgehead atoms. The van der Waals surface area contributed by atoms with Crippen molar-refractivity contribution in [1.82, 2.24) is 0 Å². The van der Waals surface area contributed by atoms with Crippen molar-refractivity contribution >= 4 is 31.9 Å². The molecule has 3 aliphatic heterocycles. The lowest BCUT2D eigenvalue weighted by molar-refractivity contribution is -1.06. The Bertz CT molecular complexity index is 952. The van der Waals surface area contributed by atoms with Crippen molar-refractivity contribution in [3.05, 3.63) is 104 Å². The summed E-state index contributed by atoms with van der Waals surface area (Å²) in [7, 11) is 0. The lowest BCUT2D eigenvalue weighted by Crippen LogP contribution is -3.32. The average molecular weight is 528 g/mol. The highest BCUT2D eigenvalue weighted by Crippen LogP contribution is 2.17. The first kappa shape index (κ1) is 20.4. The molecular weight excluding hydrogens is 500 g/mol. The Morgan fingerprint density at radius 3 is 1.53 bits per heavy atom. The molecule has 2 nitrogen and oxygen atoms in total. The summed E-state index contributed by atoms with van der Waals surface area (Å²) >= 11 is 7.30. The first-order valence-electron chi connectivity index (χ1n) is 10.9. The summed E-state index contributed by atoms with van der Waals surface area (Å²) in [4.78, 5) is 3.51. The zero-order valence-electron chi connectivity index (χ0n) is 17.1. The highest BCUT2D eigenvalue weighted by atomic mass is 79.9. The van der Waals surface area contributed by atoms with Gasteiger partial charge < -0.3 is 9.80 Å². The lowest BCUT2D eigenvalue weighted by atomic mass is 9.87. The topological polar surface area (TPSA) is 8.88 Å². The molecule has 1 saturated heterocycles. The van der Waals surface area contributed by atoms with E-state index in [1.165, 1.54) is 46.0 Å². The van der Waals surface area contributed by atoms with Crippen LogP contribution >= 0.6 is 31.9 Å². The van der Waals surface area contributed by atoms with E-state index in [2.05, 4.69) is 105 Å². The number of fused-ring (bicyclic) bond motifs is 2. The van der Waals surface area contributed by atoms with Crippen molar-refractivity contribution in [2.45, 2.75) is 38.0 Å². The summed E-state index contributed by atoms with van der Waals surface area (Å²) in [6.07, 6.45) is 2.38. The first-order valence-corrected chi connectivity index (χ1v) is 12.5. The fourth-order valence-electron chi connectivity index (χ4n) is 5.43. The van der Waals surface area contributed by atoms with Crippen molar-refractivity contribution in [1.29, 1.82) is 0 Å². The number of halogens is 2. The molecule has 4 atom stereocenters. The van der Waals surface area contributed by atoms with Gasteiger partial charge in [-0.2, -0.15) is 0 Å². The predicted molar refractivity (Wildman–Crippen MR) is 129 cm³/mol. The number of piperazine rings is 1. The Morgan fingerprint density at radius 2 is 1.10 bits per heavy atom. The maximum Gasteiger partial charge on any atom is 0.142 e. The molecule has 6 rings (SSSR count). The van der Waals surface area contributed by atoms with E-state index in [9.17, 15) is 0 Å². The van der Waals surface area contributed by atoms with Crippen LogP contribution in [0.15, 0.2) is 81.7 Å². The molecule has 0 spiro atoms. The second-order valence-corrected chi connectivity index (χ2v) is 10.7. The zero-order chi connectivity index (χ0) is 20.5. The minimum absolute atomic E-state index is 0.656. The Hall–Kier alpha value is -1.46. The molecular formula is C26H28Br2N2+2. The van der Waals surface area contributed by atoms with Gasteiger partial charge in [0, 0.05) is 32.9 Å². The van der Waals surface area contributed by atoms with Gasteiger partial charge in [0.15, 0.2) is 0 Å². The number of rotatable bonds is 4. The van der Waals surface area contributed by atoms with Gasteiger partial charge in [0.2, 0.25) is 0 Å². The third kappa shape index (κ3) is 4.57. The van der Waals surface area contributed by atoms with Gasteiger partial charge >= 0.3 is 0 Å². The van der Waals surface area contributed by atoms with Crippen molar-refractivity contribution in [2.75, 3.05) is 13.1 Å². The largest absolute Gasteiger partial charge is 0.319 e. The third-order valence-corrected chi connectivity index (χ3v) is 7.85. The van der Waals surface area contributed by atoms with E-state index in [0.29, 0.717) is 12.1 Å². The predicted octanol–water partition coefficient (Wildman–Crippen LogP) is 3.23. The Balaban J connectivity index is 1.43. The normalized spacial score (nSPS) is 25.4. The summed E-state index contributed by atoms with van der Waals surface area (Å²) in [6, 6.07) is 28.2. The lowest BCUT2D eigenvalue weighted by Gasteiger charge is -2.43. The molecule has 3 aromatic carbocycles. The van der Waals surface area contributed by atoms with Crippen LogP contribution in [0.5, 0.6) is 0 Å². The molecule has 3 aliphatic rings. The smallest absolute Gasteiger partial charge is 0.142 e. The standard InChI is InChI=1S/C26H26Br2N2/c27-23-9-3-5-19(11-23)15-29-18-26-14-22-8-2-1-7-21(22)13-25(29)17-30(26)16-20-6-4-10-24(28)12-20/h1-12,25-26H,13-18H2/p+2. The molecule has 0 aromatic heterocycles. The van der Waals surface area contributed by atoms with Gasteiger partial charge in [-0.1, -0.05) is 80.4 Å². The van der Waals surface area contributed by atoms with Crippen LogP contribution in [0.4, 0.5) is 0 Å². The van der Waals surface area contributed by atoms with E-state index < -0.39 is 0 Å². The van der Waals surface area contributed by atoms with E-state index >= 15 is 0 Å². The van der Waals surface area contributed by atoms with E-state index in [1.54, 1.807) is 20.9 Å². The summed E-state index contributed by atoms with van der Waals surface area (Å²) in [6.45, 7) is 4.73. The molecule has 0 aliphatic carbocycles. The second kappa shape index (κ2) is 8.96. The monoisotopic (exact) mass is 526 g/mol. The fourth-order valence-corrected chi connectivity index (χ4v) is 6.32. The van der Waals surface area contributed by atoms with E-state index in [-0.39, 0.29) is 0 Å². The van der Waals surface area contributed by atoms with Gasteiger partial charge in [0.1, 0.15) is 38.3 Å². The quantitative estimate of drug-likeness (QED) is 0.515. The van der Waals surface area contributed by atoms with Crippen molar-refractivity contribution in [2.24, 2.45) is 0 Å². The molecule has 0 amide bonds. The molecule has 4 unspecified atom stereocenters. The van der Waals surface area contributed by atoms with Crippen LogP contribution in [0, 0.1) is 0 Å². The molecule has 0 saturated carbocycles. The third-order valence-electron chi connectivity index (χ3n) is 6.86. The van der Waals surface area contributed by atoms with E-state index in [1.807, 2.05) is 0 Å². The minimum Gasteiger partial charge on any atom is -0.319 e. The van der Waals surface area contributed by atoms with E-state index in [4.69, 9.17) is 0 Å². The van der Waals surface area contributed by atoms with Crippen molar-refractivity contribution in [3.63, 3.8) is 0 Å². The number of quaternary nitrogens is 2. The fraction of sp³-hybridized carbons (Fsp3) is 0.308. The van der Waals surface area contributed by atoms with Crippen molar-refractivity contribution < 1.29 is 9.80 Å². The summed E-state index contributed by atoms with van der Waals surface area (Å²) in [5.41, 5.74) is 6.01. The first-order chi connectivity index (χ1) is 14.6. The van der Waals surface area contributed by atoms with Crippen LogP contribution in [0.1, 0.15) is 22.3 Å². The van der Waals surface area contributed by atoms with Gasteiger partial charge in [-0.25, -0.2) is 0 Å². The van der Waals surface area contributed by atoms with Crippen LogP contribution < -0.4 is 9.80 Å². The van der Waals surface area contributed by atoms with Gasteiger partial charge in [-0.15, -0.1) is 0 Å². The van der Waals surface area contributed by atoms with Crippen LogP contribution in [0.2, 0.25) is 0 Å². The van der Waals surface area contributed by atoms with Gasteiger partial charge in [-0.3, -0.25) is 0 Å². The van der Waals surface area contributed by atoms with Crippen LogP contribution in [-0.2, 0) is 25.9 Å². The molecule has 154 valence electrons. The molecule has 3 heterocycles. The number of hydrogen-bond acceptors (Lipinski definition) is 0. The molecule has 1 fully saturated rings. The maximum atomic E-state index is 3.65. The Morgan fingerprint density at radius 1 is 0.633 bits per heavy atom. The Labute approximate surface area is 196 Å². The molecule has 2 N–H and O–H groups in total. The second-order valence-electron chi connectivity index (χ2n) is 8.91. The zero-order valence-corrected chi connectivity index (χ0v) is 20.3. The number of hydrogen-bond donors (Lipinski definition) is 2. The average Bonchev–Trinajstić information content (AvgIpc) is 2.70. The van der Waals surface area contributed by atoms with Crippen molar-refractivity contribution in [3.8, 4) is 0 Å². The molecule has 0 radical (unpaired) electrons. The Kier molecular flexibility index (Phi) is 6.10. The summed E-state index contributed by atoms with van der Waals surface area (Å²) in [5.74, 6) is 0. The van der Waals surface area contributed by atoms with Crippen LogP contribution in [0.3, 0.4) is 0 Å². The highest BCUT2D eigenvalue weighted by Gasteiger charge is 2.42. The van der Waals surface area contributed by atoms with Gasteiger partial charge in [-0.05, 0) is 35.4 Å². The van der Waals surface area contributed by atoms with Gasteiger partial charge in [0.05, 0.1) is 0 Å². The summed E-state index contributed by atoms with van der Waals surface area (Å²) < 4.78 is 2.37. The molecule has 30 heavy (non-hydrogen) atoms. The van der Waals surface area contributed by atoms with E-state index in [0.717, 1.165) is 13.1 Å². The molecule has 4 heteroatoms. The van der Waals surface area contributed by atoms with Gasteiger partial charge in [0.25, 0.3) is 0 Å². The summed E-state index contributed by atoms with van der Waals surface area (Å²) in [5, 5.41) is 0. The number of benzene rings is 3. The SMILES string of the molecule is Brc1cccc(C[NH+]2CC3Cc4ccccc4CC2C[NH+]3Cc2cccc(Br)c2)c1. The molecule has 3 aromatic rings. The number of nitrogens with one attached hydrogen (secondary N) is 2. The van der Waals surface area contributed by atoms with Crippen LogP contribution in [0.25, 0.3) is 0 Å².